The Morgan fingerprint density at radius 1 is 1.78 bits per heavy atom. The number of ether oxygens (including phenoxy) is 1. The molecule has 1 aliphatic rings. The van der Waals surface area contributed by atoms with Crippen LogP contribution in [0.4, 0.5) is 0 Å². The van der Waals surface area contributed by atoms with Gasteiger partial charge in [0.25, 0.3) is 0 Å². The molecule has 0 radical (unpaired) electrons. The second-order valence-corrected chi connectivity index (χ2v) is 1.69. The molecule has 0 saturated heterocycles. The van der Waals surface area contributed by atoms with Crippen molar-refractivity contribution in [2.24, 2.45) is 0 Å². The minimum atomic E-state index is -0.819. The Hall–Kier alpha value is -0.960. The molecule has 1 atom stereocenters. The highest BCUT2D eigenvalue weighted by Crippen LogP contribution is 2.05. The Morgan fingerprint density at radius 2 is 2.56 bits per heavy atom. The molecule has 0 amide bonds. The summed E-state index contributed by atoms with van der Waals surface area (Å²) in [7, 11) is 1.73. The van der Waals surface area contributed by atoms with E-state index in [1.54, 1.807) is 19.2 Å². The first-order valence-electron chi connectivity index (χ1n) is 2.72. The summed E-state index contributed by atoms with van der Waals surface area (Å²) in [5.74, 6) is 0. The monoisotopic (exact) mass is 127 g/mol. The van der Waals surface area contributed by atoms with Gasteiger partial charge in [-0.15, -0.1) is 0 Å². The van der Waals surface area contributed by atoms with Crippen molar-refractivity contribution in [3.05, 3.63) is 24.1 Å². The molecule has 0 aromatic rings. The van der Waals surface area contributed by atoms with Gasteiger partial charge in [0.2, 0.25) is 6.29 Å². The lowest BCUT2D eigenvalue weighted by Crippen LogP contribution is -2.23. The van der Waals surface area contributed by atoms with Crippen LogP contribution in [-0.4, -0.2) is 18.4 Å². The lowest BCUT2D eigenvalue weighted by atomic mass is 10.3. The van der Waals surface area contributed by atoms with E-state index < -0.39 is 6.29 Å². The fourth-order valence-corrected chi connectivity index (χ4v) is 0.625. The zero-order valence-corrected chi connectivity index (χ0v) is 5.16. The zero-order valence-electron chi connectivity index (χ0n) is 5.16. The number of hydrogen-bond acceptors (Lipinski definition) is 3. The van der Waals surface area contributed by atoms with Gasteiger partial charge in [-0.2, -0.15) is 0 Å². The highest BCUT2D eigenvalue weighted by molar-refractivity contribution is 5.14. The summed E-state index contributed by atoms with van der Waals surface area (Å²) in [5, 5.41) is 11.8. The van der Waals surface area contributed by atoms with Crippen LogP contribution < -0.4 is 5.32 Å². The molecule has 1 aliphatic heterocycles. The molecule has 1 rings (SSSR count). The maximum absolute atomic E-state index is 8.96. The van der Waals surface area contributed by atoms with Gasteiger partial charge >= 0.3 is 0 Å². The molecule has 0 bridgehead atoms. The van der Waals surface area contributed by atoms with Crippen LogP contribution in [0.2, 0.25) is 0 Å². The van der Waals surface area contributed by atoms with Crippen molar-refractivity contribution >= 4 is 0 Å². The Morgan fingerprint density at radius 3 is 3.00 bits per heavy atom. The molecule has 0 saturated carbocycles. The van der Waals surface area contributed by atoms with Crippen molar-refractivity contribution in [1.82, 2.24) is 5.32 Å². The van der Waals surface area contributed by atoms with Crippen LogP contribution in [-0.2, 0) is 4.74 Å². The first-order valence-corrected chi connectivity index (χ1v) is 2.72. The molecule has 9 heavy (non-hydrogen) atoms. The van der Waals surface area contributed by atoms with Gasteiger partial charge in [0.05, 0.1) is 12.0 Å². The van der Waals surface area contributed by atoms with Gasteiger partial charge in [0, 0.05) is 7.05 Å². The van der Waals surface area contributed by atoms with Gasteiger partial charge in [-0.25, -0.2) is 0 Å². The van der Waals surface area contributed by atoms with Crippen molar-refractivity contribution in [2.45, 2.75) is 6.29 Å². The summed E-state index contributed by atoms with van der Waals surface area (Å²) in [6.45, 7) is 0. The summed E-state index contributed by atoms with van der Waals surface area (Å²) < 4.78 is 4.73. The summed E-state index contributed by atoms with van der Waals surface area (Å²) in [4.78, 5) is 0. The lowest BCUT2D eigenvalue weighted by molar-refractivity contribution is -0.0271. The summed E-state index contributed by atoms with van der Waals surface area (Å²) >= 11 is 0. The van der Waals surface area contributed by atoms with Gasteiger partial charge < -0.3 is 15.2 Å². The molecule has 1 unspecified atom stereocenters. The Labute approximate surface area is 53.6 Å². The Balaban J connectivity index is 2.63. The molecule has 2 N–H and O–H groups in total. The summed E-state index contributed by atoms with van der Waals surface area (Å²) in [5.41, 5.74) is 0.678. The van der Waals surface area contributed by atoms with E-state index in [0.717, 1.165) is 0 Å². The van der Waals surface area contributed by atoms with Crippen molar-refractivity contribution in [2.75, 3.05) is 7.05 Å². The van der Waals surface area contributed by atoms with Crippen LogP contribution in [0.15, 0.2) is 24.1 Å². The van der Waals surface area contributed by atoms with E-state index >= 15 is 0 Å². The molecule has 0 fully saturated rings. The predicted molar refractivity (Wildman–Crippen MR) is 33.4 cm³/mol. The SMILES string of the molecule is CNC1=CC=COC1O. The van der Waals surface area contributed by atoms with E-state index in [9.17, 15) is 0 Å². The largest absolute Gasteiger partial charge is 0.467 e. The van der Waals surface area contributed by atoms with Gasteiger partial charge in [-0.3, -0.25) is 0 Å². The molecule has 0 aliphatic carbocycles. The lowest BCUT2D eigenvalue weighted by Gasteiger charge is -2.15. The summed E-state index contributed by atoms with van der Waals surface area (Å²) in [6.07, 6.45) is 4.11. The topological polar surface area (TPSA) is 41.5 Å². The van der Waals surface area contributed by atoms with Crippen LogP contribution in [0, 0.1) is 0 Å². The van der Waals surface area contributed by atoms with E-state index in [-0.39, 0.29) is 0 Å². The molecular weight excluding hydrogens is 118 g/mol. The number of rotatable bonds is 1. The number of hydrogen-bond donors (Lipinski definition) is 2. The highest BCUT2D eigenvalue weighted by Gasteiger charge is 2.09. The summed E-state index contributed by atoms with van der Waals surface area (Å²) in [6, 6.07) is 0. The van der Waals surface area contributed by atoms with Crippen LogP contribution >= 0.6 is 0 Å². The third-order valence-electron chi connectivity index (χ3n) is 1.12. The molecule has 3 nitrogen and oxygen atoms in total. The van der Waals surface area contributed by atoms with Gasteiger partial charge in [0.15, 0.2) is 0 Å². The number of allylic oxidation sites excluding steroid dienone is 2. The van der Waals surface area contributed by atoms with Crippen molar-refractivity contribution in [3.8, 4) is 0 Å². The minimum absolute atomic E-state index is 0.678. The maximum atomic E-state index is 8.96. The fraction of sp³-hybridized carbons (Fsp3) is 0.333. The number of nitrogens with one attached hydrogen (secondary N) is 1. The molecule has 50 valence electrons. The molecule has 0 spiro atoms. The third kappa shape index (κ3) is 1.23. The van der Waals surface area contributed by atoms with E-state index in [4.69, 9.17) is 9.84 Å². The second kappa shape index (κ2) is 2.55. The quantitative estimate of drug-likeness (QED) is 0.519. The van der Waals surface area contributed by atoms with Crippen LogP contribution in [0.3, 0.4) is 0 Å². The number of aliphatic hydroxyl groups is 1. The Bertz CT molecular complexity index is 151. The van der Waals surface area contributed by atoms with Gasteiger partial charge in [-0.1, -0.05) is 0 Å². The minimum Gasteiger partial charge on any atom is -0.467 e. The average Bonchev–Trinajstić information content (AvgIpc) is 1.89. The second-order valence-electron chi connectivity index (χ2n) is 1.69. The number of aliphatic hydroxyl groups excluding tert-OH is 1. The van der Waals surface area contributed by atoms with Crippen molar-refractivity contribution in [1.29, 1.82) is 0 Å². The standard InChI is InChI=1S/C6H9NO2/c1-7-5-3-2-4-9-6(5)8/h2-4,6-8H,1H3. The average molecular weight is 127 g/mol. The van der Waals surface area contributed by atoms with E-state index in [2.05, 4.69) is 5.32 Å². The molecular formula is C6H9NO2. The molecule has 0 aromatic carbocycles. The van der Waals surface area contributed by atoms with Gasteiger partial charge in [-0.05, 0) is 12.2 Å². The maximum Gasteiger partial charge on any atom is 0.237 e. The van der Waals surface area contributed by atoms with E-state index in [0.29, 0.717) is 5.70 Å². The molecule has 3 heteroatoms. The van der Waals surface area contributed by atoms with Crippen LogP contribution in [0.1, 0.15) is 0 Å². The van der Waals surface area contributed by atoms with Crippen LogP contribution in [0.5, 0.6) is 0 Å². The zero-order chi connectivity index (χ0) is 6.69. The van der Waals surface area contributed by atoms with Crippen molar-refractivity contribution < 1.29 is 9.84 Å². The number of likely N-dealkylation sites (N-methyl/N-ethyl adjacent to an activating group) is 1. The van der Waals surface area contributed by atoms with Crippen molar-refractivity contribution in [3.63, 3.8) is 0 Å². The third-order valence-corrected chi connectivity index (χ3v) is 1.12. The van der Waals surface area contributed by atoms with Gasteiger partial charge in [0.1, 0.15) is 0 Å². The smallest absolute Gasteiger partial charge is 0.237 e. The normalized spacial score (nSPS) is 24.7. The van der Waals surface area contributed by atoms with E-state index in [1.165, 1.54) is 6.26 Å². The Kier molecular flexibility index (Phi) is 1.75. The highest BCUT2D eigenvalue weighted by atomic mass is 16.6. The molecule has 0 aromatic heterocycles. The first-order chi connectivity index (χ1) is 4.34. The predicted octanol–water partition coefficient (Wildman–Crippen LogP) is -0.0480. The first kappa shape index (κ1) is 6.16. The van der Waals surface area contributed by atoms with Crippen LogP contribution in [0.25, 0.3) is 0 Å². The van der Waals surface area contributed by atoms with E-state index in [1.807, 2.05) is 0 Å². The molecule has 1 heterocycles. The fourth-order valence-electron chi connectivity index (χ4n) is 0.625.